The first-order chi connectivity index (χ1) is 6.70. The Kier molecular flexibility index (Phi) is 7.46. The summed E-state index contributed by atoms with van der Waals surface area (Å²) in [6.07, 6.45) is 0. The zero-order valence-electron chi connectivity index (χ0n) is 8.82. The van der Waals surface area contributed by atoms with Gasteiger partial charge in [-0.25, -0.2) is 4.79 Å². The number of carbonyl (C=O) groups is 1. The van der Waals surface area contributed by atoms with Crippen LogP contribution in [-0.2, 0) is 9.53 Å². The van der Waals surface area contributed by atoms with Gasteiger partial charge in [-0.1, -0.05) is 35.9 Å². The van der Waals surface area contributed by atoms with Crippen molar-refractivity contribution in [1.82, 2.24) is 0 Å². The second kappa shape index (κ2) is 8.26. The number of hydrogen-bond donors (Lipinski definition) is 1. The van der Waals surface area contributed by atoms with Crippen molar-refractivity contribution in [1.29, 1.82) is 0 Å². The zero-order chi connectivity index (χ0) is 10.8. The lowest BCUT2D eigenvalue weighted by molar-refractivity contribution is -0.359. The lowest BCUT2D eigenvalue weighted by atomic mass is 10.2. The molecular formula is C11H18NO2+. The maximum Gasteiger partial charge on any atom is 0.361 e. The van der Waals surface area contributed by atoms with Crippen LogP contribution in [0.1, 0.15) is 12.5 Å². The number of hydrogen-bond acceptors (Lipinski definition) is 2. The number of quaternary nitrogens is 1. The van der Waals surface area contributed by atoms with Crippen molar-refractivity contribution < 1.29 is 15.3 Å². The third kappa shape index (κ3) is 7.31. The molecular weight excluding hydrogens is 178 g/mol. The number of carbonyl (C=O) groups excluding carboxylic acids is 1. The fourth-order valence-corrected chi connectivity index (χ4v) is 0.768. The summed E-state index contributed by atoms with van der Waals surface area (Å²) in [5.41, 5.74) is 4.65. The van der Waals surface area contributed by atoms with Gasteiger partial charge in [-0.15, -0.1) is 0 Å². The van der Waals surface area contributed by atoms with E-state index in [-0.39, 0.29) is 12.5 Å². The molecule has 78 valence electrons. The molecule has 1 rings (SSSR count). The number of ether oxygens (including phenoxy) is 1. The van der Waals surface area contributed by atoms with Gasteiger partial charge < -0.3 is 10.5 Å². The van der Waals surface area contributed by atoms with Gasteiger partial charge in [-0.3, -0.25) is 0 Å². The van der Waals surface area contributed by atoms with E-state index in [9.17, 15) is 4.79 Å². The highest BCUT2D eigenvalue weighted by Crippen LogP contribution is 1.92. The first kappa shape index (κ1) is 12.7. The van der Waals surface area contributed by atoms with Crippen LogP contribution in [0.4, 0.5) is 0 Å². The van der Waals surface area contributed by atoms with Gasteiger partial charge in [0.05, 0.1) is 6.61 Å². The van der Waals surface area contributed by atoms with Crippen molar-refractivity contribution in [3.8, 4) is 0 Å². The van der Waals surface area contributed by atoms with E-state index in [2.05, 4.69) is 29.5 Å². The molecule has 0 amide bonds. The van der Waals surface area contributed by atoms with Gasteiger partial charge in [-0.05, 0) is 13.8 Å². The smallest absolute Gasteiger partial charge is 0.361 e. The van der Waals surface area contributed by atoms with Crippen LogP contribution in [0.25, 0.3) is 0 Å². The molecule has 0 saturated heterocycles. The first-order valence-electron chi connectivity index (χ1n) is 4.67. The molecule has 3 N–H and O–H groups in total. The van der Waals surface area contributed by atoms with E-state index in [1.807, 2.05) is 18.2 Å². The Morgan fingerprint density at radius 2 is 1.93 bits per heavy atom. The van der Waals surface area contributed by atoms with Gasteiger partial charge in [0.15, 0.2) is 6.54 Å². The van der Waals surface area contributed by atoms with E-state index in [4.69, 9.17) is 0 Å². The van der Waals surface area contributed by atoms with E-state index >= 15 is 0 Å². The largest absolute Gasteiger partial charge is 0.462 e. The van der Waals surface area contributed by atoms with Gasteiger partial charge in [-0.2, -0.15) is 0 Å². The summed E-state index contributed by atoms with van der Waals surface area (Å²) in [6.45, 7) is 4.54. The Morgan fingerprint density at radius 1 is 1.36 bits per heavy atom. The molecule has 3 nitrogen and oxygen atoms in total. The lowest BCUT2D eigenvalue weighted by Gasteiger charge is -1.92. The monoisotopic (exact) mass is 196 g/mol. The zero-order valence-corrected chi connectivity index (χ0v) is 8.82. The van der Waals surface area contributed by atoms with Crippen LogP contribution in [0.15, 0.2) is 30.3 Å². The summed E-state index contributed by atoms with van der Waals surface area (Å²) in [7, 11) is 0. The van der Waals surface area contributed by atoms with Crippen LogP contribution < -0.4 is 5.73 Å². The predicted octanol–water partition coefficient (Wildman–Crippen LogP) is 0.786. The van der Waals surface area contributed by atoms with E-state index < -0.39 is 0 Å². The molecule has 0 saturated carbocycles. The highest BCUT2D eigenvalue weighted by atomic mass is 16.5. The third-order valence-corrected chi connectivity index (χ3v) is 1.45. The summed E-state index contributed by atoms with van der Waals surface area (Å²) in [6, 6.07) is 10.3. The number of rotatable bonds is 2. The Morgan fingerprint density at radius 3 is 2.14 bits per heavy atom. The van der Waals surface area contributed by atoms with Crippen molar-refractivity contribution in [3.05, 3.63) is 35.9 Å². The van der Waals surface area contributed by atoms with E-state index in [0.717, 1.165) is 0 Å². The highest BCUT2D eigenvalue weighted by molar-refractivity contribution is 5.69. The Bertz CT molecular complexity index is 247. The van der Waals surface area contributed by atoms with Crippen LogP contribution >= 0.6 is 0 Å². The molecule has 1 aromatic carbocycles. The Balaban J connectivity index is 0.000000241. The summed E-state index contributed by atoms with van der Waals surface area (Å²) >= 11 is 0. The molecule has 1 aromatic rings. The summed E-state index contributed by atoms with van der Waals surface area (Å²) < 4.78 is 4.49. The van der Waals surface area contributed by atoms with E-state index in [0.29, 0.717) is 6.61 Å². The molecule has 0 aliphatic heterocycles. The minimum absolute atomic E-state index is 0.230. The van der Waals surface area contributed by atoms with E-state index in [1.54, 1.807) is 6.92 Å². The van der Waals surface area contributed by atoms with Gasteiger partial charge >= 0.3 is 5.97 Å². The second-order valence-electron chi connectivity index (χ2n) is 2.71. The minimum atomic E-state index is -0.234. The first-order valence-corrected chi connectivity index (χ1v) is 4.67. The molecule has 0 unspecified atom stereocenters. The molecule has 0 atom stereocenters. The molecule has 0 heterocycles. The highest BCUT2D eigenvalue weighted by Gasteiger charge is 1.94. The van der Waals surface area contributed by atoms with Gasteiger partial charge in [0.1, 0.15) is 0 Å². The second-order valence-corrected chi connectivity index (χ2v) is 2.71. The lowest BCUT2D eigenvalue weighted by Crippen LogP contribution is -2.54. The maximum atomic E-state index is 10.1. The maximum absolute atomic E-state index is 10.1. The number of esters is 1. The van der Waals surface area contributed by atoms with Crippen molar-refractivity contribution in [2.75, 3.05) is 13.2 Å². The van der Waals surface area contributed by atoms with Crippen molar-refractivity contribution in [2.24, 2.45) is 0 Å². The van der Waals surface area contributed by atoms with Gasteiger partial charge in [0.25, 0.3) is 0 Å². The van der Waals surface area contributed by atoms with Crippen molar-refractivity contribution in [3.63, 3.8) is 0 Å². The number of benzene rings is 1. The molecule has 0 aliphatic rings. The average Bonchev–Trinajstić information content (AvgIpc) is 2.20. The summed E-state index contributed by atoms with van der Waals surface area (Å²) in [4.78, 5) is 10.1. The average molecular weight is 196 g/mol. The van der Waals surface area contributed by atoms with Crippen LogP contribution in [0.3, 0.4) is 0 Å². The Labute approximate surface area is 84.9 Å². The molecule has 0 aliphatic carbocycles. The molecule has 14 heavy (non-hydrogen) atoms. The molecule has 0 radical (unpaired) electrons. The fourth-order valence-electron chi connectivity index (χ4n) is 0.768. The third-order valence-electron chi connectivity index (χ3n) is 1.45. The SMILES string of the molecule is CCOC(=O)C[NH3+].Cc1ccccc1. The van der Waals surface area contributed by atoms with Gasteiger partial charge in [0, 0.05) is 0 Å². The van der Waals surface area contributed by atoms with Crippen molar-refractivity contribution >= 4 is 5.97 Å². The van der Waals surface area contributed by atoms with Crippen LogP contribution in [0, 0.1) is 6.92 Å². The summed E-state index contributed by atoms with van der Waals surface area (Å²) in [5.74, 6) is -0.234. The normalized spacial score (nSPS) is 8.50. The van der Waals surface area contributed by atoms with Crippen LogP contribution in [-0.4, -0.2) is 19.1 Å². The summed E-state index contributed by atoms with van der Waals surface area (Å²) in [5, 5.41) is 0. The topological polar surface area (TPSA) is 53.9 Å². The van der Waals surface area contributed by atoms with Crippen LogP contribution in [0.5, 0.6) is 0 Å². The molecule has 0 bridgehead atoms. The molecule has 0 aromatic heterocycles. The Hall–Kier alpha value is -1.35. The quantitative estimate of drug-likeness (QED) is 0.711. The minimum Gasteiger partial charge on any atom is -0.462 e. The molecule has 0 fully saturated rings. The predicted molar refractivity (Wildman–Crippen MR) is 55.6 cm³/mol. The van der Waals surface area contributed by atoms with Crippen LogP contribution in [0.2, 0.25) is 0 Å². The molecule has 0 spiro atoms. The number of aryl methyl sites for hydroxylation is 1. The van der Waals surface area contributed by atoms with Crippen molar-refractivity contribution in [2.45, 2.75) is 13.8 Å². The van der Waals surface area contributed by atoms with Gasteiger partial charge in [0.2, 0.25) is 0 Å². The van der Waals surface area contributed by atoms with E-state index in [1.165, 1.54) is 5.56 Å². The standard InChI is InChI=1S/C7H8.C4H9NO2/c1-7-5-3-2-4-6-7;1-2-7-4(6)3-5/h2-6H,1H3;2-3,5H2,1H3/p+1. The fraction of sp³-hybridized carbons (Fsp3) is 0.364. The molecule has 3 heteroatoms.